The Morgan fingerprint density at radius 3 is 2.22 bits per heavy atom. The van der Waals surface area contributed by atoms with Gasteiger partial charge in [0.2, 0.25) is 0 Å². The summed E-state index contributed by atoms with van der Waals surface area (Å²) < 4.78 is 13.5. The van der Waals surface area contributed by atoms with Gasteiger partial charge in [0.15, 0.2) is 0 Å². The molecule has 0 spiro atoms. The van der Waals surface area contributed by atoms with Crippen molar-refractivity contribution < 1.29 is 9.47 Å². The Balaban J connectivity index is 2.73. The molecule has 0 atom stereocenters. The van der Waals surface area contributed by atoms with Gasteiger partial charge in [0, 0.05) is 21.1 Å². The van der Waals surface area contributed by atoms with E-state index in [1.807, 2.05) is 17.9 Å². The van der Waals surface area contributed by atoms with Gasteiger partial charge in [-0.2, -0.15) is 0 Å². The first-order valence-electron chi connectivity index (χ1n) is 11.8. The number of methoxy groups -OCH3 is 2. The summed E-state index contributed by atoms with van der Waals surface area (Å²) in [6.45, 7) is 8.14. The van der Waals surface area contributed by atoms with Crippen LogP contribution >= 0.6 is 59.7 Å². The van der Waals surface area contributed by atoms with Crippen molar-refractivity contribution in [3.05, 3.63) is 75.7 Å². The van der Waals surface area contributed by atoms with Crippen LogP contribution < -0.4 is 9.47 Å². The summed E-state index contributed by atoms with van der Waals surface area (Å²) in [4.78, 5) is 0. The minimum absolute atomic E-state index is 0.807. The molecular formula is C29H36O2S5. The normalized spacial score (nSPS) is 11.3. The Morgan fingerprint density at radius 2 is 1.64 bits per heavy atom. The Bertz CT molecular complexity index is 1120. The Kier molecular flexibility index (Phi) is 13.7. The van der Waals surface area contributed by atoms with Crippen LogP contribution in [-0.2, 0) is 12.2 Å². The SMILES string of the molecule is C=CSCc1cc(/C(=C/CCCC(=S)SC)c2cc(CC)c(OC)c(C(=S)SC)c2)cc(C)c1OC. The van der Waals surface area contributed by atoms with Crippen molar-refractivity contribution in [2.24, 2.45) is 0 Å². The van der Waals surface area contributed by atoms with E-state index in [0.29, 0.717) is 0 Å². The third kappa shape index (κ3) is 8.12. The topological polar surface area (TPSA) is 18.5 Å². The summed E-state index contributed by atoms with van der Waals surface area (Å²) in [5.41, 5.74) is 7.94. The van der Waals surface area contributed by atoms with Crippen LogP contribution in [-0.4, -0.2) is 35.1 Å². The maximum atomic E-state index is 5.82. The maximum absolute atomic E-state index is 5.82. The maximum Gasteiger partial charge on any atom is 0.131 e. The molecule has 0 saturated heterocycles. The molecule has 0 amide bonds. The highest BCUT2D eigenvalue weighted by Crippen LogP contribution is 2.37. The summed E-state index contributed by atoms with van der Waals surface area (Å²) in [6, 6.07) is 8.92. The fourth-order valence-electron chi connectivity index (χ4n) is 4.16. The first-order valence-corrected chi connectivity index (χ1v) is 16.1. The Morgan fingerprint density at radius 1 is 0.972 bits per heavy atom. The van der Waals surface area contributed by atoms with Gasteiger partial charge in [-0.1, -0.05) is 44.0 Å². The van der Waals surface area contributed by atoms with Crippen molar-refractivity contribution in [1.29, 1.82) is 0 Å². The van der Waals surface area contributed by atoms with Crippen molar-refractivity contribution in [2.45, 2.75) is 45.3 Å². The van der Waals surface area contributed by atoms with Gasteiger partial charge in [0.1, 0.15) is 11.5 Å². The summed E-state index contributed by atoms with van der Waals surface area (Å²) in [5, 5.41) is 1.87. The zero-order valence-corrected chi connectivity index (χ0v) is 26.1. The van der Waals surface area contributed by atoms with Crippen LogP contribution in [0.15, 0.2) is 42.3 Å². The number of thioether (sulfide) groups is 3. The summed E-state index contributed by atoms with van der Waals surface area (Å²) in [7, 11) is 3.46. The molecule has 0 unspecified atom stereocenters. The average Bonchev–Trinajstić information content (AvgIpc) is 2.89. The van der Waals surface area contributed by atoms with Crippen LogP contribution in [0.4, 0.5) is 0 Å². The lowest BCUT2D eigenvalue weighted by molar-refractivity contribution is 0.408. The predicted molar refractivity (Wildman–Crippen MR) is 174 cm³/mol. The molecule has 0 aromatic heterocycles. The molecule has 0 radical (unpaired) electrons. The summed E-state index contributed by atoms with van der Waals surface area (Å²) in [5.74, 6) is 2.62. The minimum Gasteiger partial charge on any atom is -0.496 e. The van der Waals surface area contributed by atoms with Crippen LogP contribution in [0.2, 0.25) is 0 Å². The Labute approximate surface area is 241 Å². The second-order valence-electron chi connectivity index (χ2n) is 8.11. The second kappa shape index (κ2) is 15.9. The van der Waals surface area contributed by atoms with Crippen LogP contribution in [0.1, 0.15) is 59.6 Å². The number of hydrogen-bond acceptors (Lipinski definition) is 7. The molecule has 2 nitrogen and oxygen atoms in total. The van der Waals surface area contributed by atoms with Crippen LogP contribution in [0, 0.1) is 6.92 Å². The van der Waals surface area contributed by atoms with E-state index in [-0.39, 0.29) is 0 Å². The molecule has 2 aromatic rings. The molecule has 0 heterocycles. The number of allylic oxidation sites excluding steroid dienone is 1. The van der Waals surface area contributed by atoms with Crippen molar-refractivity contribution in [2.75, 3.05) is 26.7 Å². The molecule has 7 heteroatoms. The first kappa shape index (κ1) is 31.0. The van der Waals surface area contributed by atoms with Gasteiger partial charge in [-0.3, -0.25) is 0 Å². The van der Waals surface area contributed by atoms with E-state index in [0.717, 1.165) is 79.1 Å². The summed E-state index contributed by atoms with van der Waals surface area (Å²) in [6.07, 6.45) is 10.2. The standard InChI is InChI=1S/C29H36O2S5/c1-8-20-15-22(17-25(28(20)31-5)29(33)35-7)24(12-10-11-13-26(32)34-6)21-14-19(3)27(30-4)23(16-21)18-36-9-2/h9,12,14-17H,2,8,10-11,13,18H2,1,3-7H3/b24-12-. The summed E-state index contributed by atoms with van der Waals surface area (Å²) >= 11 is 16.1. The molecular weight excluding hydrogens is 541 g/mol. The number of thiocarbonyl (C=S) groups is 2. The third-order valence-electron chi connectivity index (χ3n) is 5.85. The van der Waals surface area contributed by atoms with Gasteiger partial charge in [-0.05, 0) is 103 Å². The third-order valence-corrected chi connectivity index (χ3v) is 9.24. The van der Waals surface area contributed by atoms with Gasteiger partial charge in [0.25, 0.3) is 0 Å². The second-order valence-corrected chi connectivity index (χ2v) is 12.2. The number of rotatable bonds is 13. The molecule has 0 aliphatic carbocycles. The van der Waals surface area contributed by atoms with Crippen molar-refractivity contribution in [3.63, 3.8) is 0 Å². The molecule has 194 valence electrons. The number of ether oxygens (including phenoxy) is 2. The first-order chi connectivity index (χ1) is 17.3. The zero-order valence-electron chi connectivity index (χ0n) is 22.1. The van der Waals surface area contributed by atoms with E-state index in [2.05, 4.69) is 50.8 Å². The zero-order chi connectivity index (χ0) is 26.7. The highest BCUT2D eigenvalue weighted by Gasteiger charge is 2.18. The molecule has 36 heavy (non-hydrogen) atoms. The van der Waals surface area contributed by atoms with Crippen molar-refractivity contribution in [3.8, 4) is 11.5 Å². The molecule has 0 aliphatic rings. The van der Waals surface area contributed by atoms with Crippen LogP contribution in [0.5, 0.6) is 11.5 Å². The Hall–Kier alpha value is -1.25. The molecule has 0 N–H and O–H groups in total. The van der Waals surface area contributed by atoms with Crippen molar-refractivity contribution >= 4 is 73.7 Å². The largest absolute Gasteiger partial charge is 0.496 e. The molecule has 0 aliphatic heterocycles. The molecule has 0 saturated carbocycles. The van der Waals surface area contributed by atoms with Crippen molar-refractivity contribution in [1.82, 2.24) is 0 Å². The lowest BCUT2D eigenvalue weighted by Gasteiger charge is -2.19. The number of hydrogen-bond donors (Lipinski definition) is 0. The monoisotopic (exact) mass is 576 g/mol. The van der Waals surface area contributed by atoms with Crippen LogP contribution in [0.25, 0.3) is 5.57 Å². The van der Waals surface area contributed by atoms with Gasteiger partial charge in [-0.15, -0.1) is 35.3 Å². The van der Waals surface area contributed by atoms with Gasteiger partial charge in [0.05, 0.1) is 18.4 Å². The number of unbranched alkanes of at least 4 members (excludes halogenated alkanes) is 1. The van der Waals surface area contributed by atoms with E-state index >= 15 is 0 Å². The lowest BCUT2D eigenvalue weighted by atomic mass is 9.90. The predicted octanol–water partition coefficient (Wildman–Crippen LogP) is 9.28. The quantitative estimate of drug-likeness (QED) is 0.172. The van der Waals surface area contributed by atoms with E-state index in [1.165, 1.54) is 11.1 Å². The smallest absolute Gasteiger partial charge is 0.131 e. The molecule has 0 fully saturated rings. The molecule has 2 aromatic carbocycles. The highest BCUT2D eigenvalue weighted by molar-refractivity contribution is 8.23. The number of benzene rings is 2. The molecule has 2 rings (SSSR count). The van der Waals surface area contributed by atoms with E-state index in [4.69, 9.17) is 33.9 Å². The fourth-order valence-corrected chi connectivity index (χ4v) is 5.69. The van der Waals surface area contributed by atoms with E-state index < -0.39 is 0 Å². The molecule has 0 bridgehead atoms. The lowest BCUT2D eigenvalue weighted by Crippen LogP contribution is -2.04. The van der Waals surface area contributed by atoms with Gasteiger partial charge in [-0.25, -0.2) is 0 Å². The van der Waals surface area contributed by atoms with Gasteiger partial charge < -0.3 is 9.47 Å². The minimum atomic E-state index is 0.807. The fraction of sp³-hybridized carbons (Fsp3) is 0.379. The van der Waals surface area contributed by atoms with Crippen LogP contribution in [0.3, 0.4) is 0 Å². The number of aryl methyl sites for hydroxylation is 2. The van der Waals surface area contributed by atoms with Gasteiger partial charge >= 0.3 is 0 Å². The van der Waals surface area contributed by atoms with E-state index in [9.17, 15) is 0 Å². The highest BCUT2D eigenvalue weighted by atomic mass is 32.2. The average molecular weight is 577 g/mol. The van der Waals surface area contributed by atoms with E-state index in [1.54, 1.807) is 49.5 Å².